The molecule has 3 N–H and O–H groups in total. The molecule has 0 aliphatic rings. The van der Waals surface area contributed by atoms with E-state index in [-0.39, 0.29) is 41.9 Å². The first-order chi connectivity index (χ1) is 16.4. The lowest BCUT2D eigenvalue weighted by atomic mass is 10.1. The number of hydrogen-bond acceptors (Lipinski definition) is 7. The maximum Gasteiger partial charge on any atom is 0.338 e. The van der Waals surface area contributed by atoms with E-state index < -0.39 is 11.9 Å². The first-order valence-corrected chi connectivity index (χ1v) is 10.2. The first-order valence-electron chi connectivity index (χ1n) is 10.2. The van der Waals surface area contributed by atoms with Gasteiger partial charge in [-0.3, -0.25) is 9.59 Å². The van der Waals surface area contributed by atoms with Crippen LogP contribution < -0.4 is 25.3 Å². The van der Waals surface area contributed by atoms with Gasteiger partial charge in [-0.25, -0.2) is 4.79 Å². The van der Waals surface area contributed by atoms with Crippen molar-refractivity contribution < 1.29 is 33.3 Å². The third kappa shape index (κ3) is 6.26. The summed E-state index contributed by atoms with van der Waals surface area (Å²) in [7, 11) is 2.77. The number of carbonyl (C=O) groups excluding carboxylic acids is 3. The van der Waals surface area contributed by atoms with Gasteiger partial charge in [-0.05, 0) is 42.0 Å². The number of benzene rings is 3. The number of methoxy groups -OCH3 is 2. The van der Waals surface area contributed by atoms with Crippen LogP contribution in [-0.4, -0.2) is 38.6 Å². The van der Waals surface area contributed by atoms with E-state index in [0.717, 1.165) is 0 Å². The van der Waals surface area contributed by atoms with Gasteiger partial charge in [-0.15, -0.1) is 0 Å². The molecule has 0 spiro atoms. The molecule has 0 aliphatic heterocycles. The molecule has 0 atom stereocenters. The van der Waals surface area contributed by atoms with Gasteiger partial charge in [0, 0.05) is 11.3 Å². The summed E-state index contributed by atoms with van der Waals surface area (Å²) in [5.41, 5.74) is 7.15. The standard InChI is InChI=1S/C25H24N2O7/c1-31-20-12-18(13-21(32-2)23(20)33-15-22(26)28)25(30)34-14-16-8-10-17(11-9-16)24(29)27-19-6-4-3-5-7-19/h3-13H,14-15H2,1-2H3,(H2,26,28)(H,27,29). The van der Waals surface area contributed by atoms with Gasteiger partial charge in [0.05, 0.1) is 19.8 Å². The van der Waals surface area contributed by atoms with Crippen molar-refractivity contribution >= 4 is 23.5 Å². The molecular weight excluding hydrogens is 440 g/mol. The second kappa shape index (κ2) is 11.4. The predicted octanol–water partition coefficient (Wildman–Crippen LogP) is 3.18. The first kappa shape index (κ1) is 24.1. The quantitative estimate of drug-likeness (QED) is 0.441. The summed E-state index contributed by atoms with van der Waals surface area (Å²) in [6.07, 6.45) is 0. The van der Waals surface area contributed by atoms with E-state index in [4.69, 9.17) is 24.7 Å². The minimum absolute atomic E-state index is 0.00995. The van der Waals surface area contributed by atoms with E-state index >= 15 is 0 Å². The molecule has 9 heteroatoms. The van der Waals surface area contributed by atoms with Crippen molar-refractivity contribution in [3.63, 3.8) is 0 Å². The minimum atomic E-state index is -0.670. The highest BCUT2D eigenvalue weighted by atomic mass is 16.5. The summed E-state index contributed by atoms with van der Waals surface area (Å²) in [6, 6.07) is 18.7. The highest BCUT2D eigenvalue weighted by molar-refractivity contribution is 6.04. The van der Waals surface area contributed by atoms with Crippen molar-refractivity contribution in [2.75, 3.05) is 26.1 Å². The highest BCUT2D eigenvalue weighted by Crippen LogP contribution is 2.38. The molecule has 176 valence electrons. The molecule has 3 aromatic carbocycles. The van der Waals surface area contributed by atoms with Crippen molar-refractivity contribution in [2.24, 2.45) is 5.73 Å². The molecule has 0 saturated heterocycles. The van der Waals surface area contributed by atoms with Crippen LogP contribution in [0.25, 0.3) is 0 Å². The fourth-order valence-corrected chi connectivity index (χ4v) is 2.99. The average molecular weight is 464 g/mol. The second-order valence-electron chi connectivity index (χ2n) is 7.06. The molecule has 0 aromatic heterocycles. The van der Waals surface area contributed by atoms with Crippen molar-refractivity contribution in [3.8, 4) is 17.2 Å². The Labute approximate surface area is 196 Å². The van der Waals surface area contributed by atoms with Crippen LogP contribution in [0.15, 0.2) is 66.7 Å². The molecule has 0 saturated carbocycles. The van der Waals surface area contributed by atoms with E-state index in [2.05, 4.69) is 5.32 Å². The number of rotatable bonds is 10. The van der Waals surface area contributed by atoms with Crippen LogP contribution in [0, 0.1) is 0 Å². The maximum absolute atomic E-state index is 12.6. The number of nitrogens with two attached hydrogens (primary N) is 1. The van der Waals surface area contributed by atoms with E-state index in [9.17, 15) is 14.4 Å². The predicted molar refractivity (Wildman–Crippen MR) is 124 cm³/mol. The lowest BCUT2D eigenvalue weighted by Gasteiger charge is -2.15. The van der Waals surface area contributed by atoms with Crippen LogP contribution >= 0.6 is 0 Å². The molecule has 9 nitrogen and oxygen atoms in total. The van der Waals surface area contributed by atoms with Crippen LogP contribution in [0.5, 0.6) is 17.2 Å². The van der Waals surface area contributed by atoms with Gasteiger partial charge >= 0.3 is 5.97 Å². The summed E-state index contributed by atoms with van der Waals surface area (Å²) >= 11 is 0. The van der Waals surface area contributed by atoms with Gasteiger partial charge in [0.15, 0.2) is 18.1 Å². The number of carbonyl (C=O) groups is 3. The number of ether oxygens (including phenoxy) is 4. The molecule has 0 heterocycles. The summed E-state index contributed by atoms with van der Waals surface area (Å²) < 4.78 is 21.2. The molecule has 0 radical (unpaired) electrons. The number of anilines is 1. The molecule has 0 bridgehead atoms. The van der Waals surface area contributed by atoms with Crippen LogP contribution in [0.1, 0.15) is 26.3 Å². The largest absolute Gasteiger partial charge is 0.493 e. The van der Waals surface area contributed by atoms with Gasteiger partial charge in [-0.1, -0.05) is 30.3 Å². The van der Waals surface area contributed by atoms with Crippen LogP contribution in [0.3, 0.4) is 0 Å². The van der Waals surface area contributed by atoms with Gasteiger partial charge in [-0.2, -0.15) is 0 Å². The average Bonchev–Trinajstić information content (AvgIpc) is 2.86. The summed E-state index contributed by atoms with van der Waals surface area (Å²) in [6.45, 7) is -0.389. The molecule has 0 aliphatic carbocycles. The Balaban J connectivity index is 1.64. The van der Waals surface area contributed by atoms with E-state index in [1.54, 1.807) is 36.4 Å². The molecule has 0 fully saturated rings. The van der Waals surface area contributed by atoms with Gasteiger partial charge in [0.2, 0.25) is 5.75 Å². The number of esters is 1. The number of nitrogens with one attached hydrogen (secondary N) is 1. The van der Waals surface area contributed by atoms with Crippen LogP contribution in [0.2, 0.25) is 0 Å². The Hall–Kier alpha value is -4.53. The molecule has 0 unspecified atom stereocenters. The second-order valence-corrected chi connectivity index (χ2v) is 7.06. The Bertz CT molecular complexity index is 1140. The van der Waals surface area contributed by atoms with Crippen molar-refractivity contribution in [2.45, 2.75) is 6.61 Å². The lowest BCUT2D eigenvalue weighted by molar-refractivity contribution is -0.120. The summed E-state index contributed by atoms with van der Waals surface area (Å²) in [4.78, 5) is 36.0. The Kier molecular flexibility index (Phi) is 8.07. The topological polar surface area (TPSA) is 126 Å². The number of amides is 2. The molecular formula is C25H24N2O7. The Morgan fingerprint density at radius 2 is 1.47 bits per heavy atom. The molecule has 34 heavy (non-hydrogen) atoms. The van der Waals surface area contributed by atoms with Crippen molar-refractivity contribution in [1.29, 1.82) is 0 Å². The van der Waals surface area contributed by atoms with Crippen molar-refractivity contribution in [3.05, 3.63) is 83.4 Å². The zero-order chi connectivity index (χ0) is 24.5. The number of para-hydroxylation sites is 1. The van der Waals surface area contributed by atoms with Crippen LogP contribution in [-0.2, 0) is 16.1 Å². The SMILES string of the molecule is COc1cc(C(=O)OCc2ccc(C(=O)Nc3ccccc3)cc2)cc(OC)c1OCC(N)=O. The fraction of sp³-hybridized carbons (Fsp3) is 0.160. The van der Waals surface area contributed by atoms with E-state index in [0.29, 0.717) is 16.8 Å². The monoisotopic (exact) mass is 464 g/mol. The van der Waals surface area contributed by atoms with Gasteiger partial charge < -0.3 is 30.0 Å². The van der Waals surface area contributed by atoms with Gasteiger partial charge in [0.25, 0.3) is 11.8 Å². The number of hydrogen-bond donors (Lipinski definition) is 2. The minimum Gasteiger partial charge on any atom is -0.493 e. The Morgan fingerprint density at radius 3 is 2.03 bits per heavy atom. The summed E-state index contributed by atoms with van der Waals surface area (Å²) in [5, 5.41) is 2.81. The van der Waals surface area contributed by atoms with Crippen LogP contribution in [0.4, 0.5) is 5.69 Å². The zero-order valence-electron chi connectivity index (χ0n) is 18.7. The molecule has 3 aromatic rings. The molecule has 2 amide bonds. The van der Waals surface area contributed by atoms with Crippen molar-refractivity contribution in [1.82, 2.24) is 0 Å². The zero-order valence-corrected chi connectivity index (χ0v) is 18.7. The number of primary amides is 1. The van der Waals surface area contributed by atoms with E-state index in [1.165, 1.54) is 26.4 Å². The third-order valence-corrected chi connectivity index (χ3v) is 4.67. The fourth-order valence-electron chi connectivity index (χ4n) is 2.99. The summed E-state index contributed by atoms with van der Waals surface area (Å²) in [5.74, 6) is -1.03. The smallest absolute Gasteiger partial charge is 0.338 e. The third-order valence-electron chi connectivity index (χ3n) is 4.67. The highest BCUT2D eigenvalue weighted by Gasteiger charge is 2.19. The van der Waals surface area contributed by atoms with E-state index in [1.807, 2.05) is 18.2 Å². The Morgan fingerprint density at radius 1 is 0.853 bits per heavy atom. The molecule has 3 rings (SSSR count). The lowest BCUT2D eigenvalue weighted by Crippen LogP contribution is -2.20. The van der Waals surface area contributed by atoms with Gasteiger partial charge in [0.1, 0.15) is 6.61 Å². The maximum atomic E-state index is 12.6. The normalized spacial score (nSPS) is 10.2.